The molecule has 0 amide bonds. The van der Waals surface area contributed by atoms with E-state index in [2.05, 4.69) is 0 Å². The summed E-state index contributed by atoms with van der Waals surface area (Å²) in [7, 11) is -3.56. The zero-order valence-electron chi connectivity index (χ0n) is 10.9. The number of halogens is 2. The molecule has 1 aromatic rings. The van der Waals surface area contributed by atoms with Crippen molar-refractivity contribution in [2.75, 3.05) is 12.4 Å². The van der Waals surface area contributed by atoms with Gasteiger partial charge in [0.25, 0.3) is 0 Å². The third kappa shape index (κ3) is 4.07. The first-order valence-electron chi connectivity index (χ1n) is 6.38. The van der Waals surface area contributed by atoms with E-state index in [0.717, 1.165) is 25.7 Å². The largest absolute Gasteiger partial charge is 0.493 e. The maximum Gasteiger partial charge on any atom is 0.209 e. The predicted molar refractivity (Wildman–Crippen MR) is 75.8 cm³/mol. The van der Waals surface area contributed by atoms with Crippen LogP contribution in [0.3, 0.4) is 0 Å². The quantitative estimate of drug-likeness (QED) is 0.906. The van der Waals surface area contributed by atoms with Crippen molar-refractivity contribution in [3.05, 3.63) is 29.0 Å². The Bertz CT molecular complexity index is 585. The third-order valence-electron chi connectivity index (χ3n) is 3.61. The average molecular weight is 322 g/mol. The van der Waals surface area contributed by atoms with E-state index in [4.69, 9.17) is 21.5 Å². The van der Waals surface area contributed by atoms with Crippen molar-refractivity contribution < 1.29 is 17.5 Å². The van der Waals surface area contributed by atoms with Gasteiger partial charge < -0.3 is 4.74 Å². The molecule has 2 N–H and O–H groups in total. The summed E-state index contributed by atoms with van der Waals surface area (Å²) >= 11 is 5.60. The molecule has 7 heteroatoms. The first kappa shape index (κ1) is 15.5. The number of hydrogen-bond acceptors (Lipinski definition) is 3. The standard InChI is InChI=1S/C13H17ClFNO3S/c14-11-4-3-10(7-12(11)15)19-8-13(5-1-2-6-13)9-20(16,17)18/h3-4,7H,1-2,5-6,8-9H2,(H2,16,17,18). The van der Waals surface area contributed by atoms with Gasteiger partial charge in [0.1, 0.15) is 11.6 Å². The number of rotatable bonds is 5. The number of sulfonamides is 1. The molecule has 0 heterocycles. The average Bonchev–Trinajstić information content (AvgIpc) is 2.77. The topological polar surface area (TPSA) is 69.4 Å². The van der Waals surface area contributed by atoms with Crippen LogP contribution in [0.4, 0.5) is 4.39 Å². The highest BCUT2D eigenvalue weighted by Crippen LogP contribution is 2.39. The van der Waals surface area contributed by atoms with Crippen molar-refractivity contribution in [1.29, 1.82) is 0 Å². The number of ether oxygens (including phenoxy) is 1. The van der Waals surface area contributed by atoms with E-state index in [-0.39, 0.29) is 17.4 Å². The Morgan fingerprint density at radius 1 is 1.35 bits per heavy atom. The summed E-state index contributed by atoms with van der Waals surface area (Å²) < 4.78 is 41.6. The number of hydrogen-bond donors (Lipinski definition) is 1. The van der Waals surface area contributed by atoms with E-state index in [1.165, 1.54) is 12.1 Å². The number of nitrogens with two attached hydrogens (primary N) is 1. The van der Waals surface area contributed by atoms with Gasteiger partial charge in [0.05, 0.1) is 17.4 Å². The molecule has 4 nitrogen and oxygen atoms in total. The molecule has 112 valence electrons. The highest BCUT2D eigenvalue weighted by atomic mass is 35.5. The van der Waals surface area contributed by atoms with Crippen LogP contribution in [0.1, 0.15) is 25.7 Å². The Labute approximate surface area is 123 Å². The fourth-order valence-corrected chi connectivity index (χ4v) is 4.03. The molecule has 0 aliphatic heterocycles. The second-order valence-electron chi connectivity index (χ2n) is 5.38. The molecule has 20 heavy (non-hydrogen) atoms. The lowest BCUT2D eigenvalue weighted by Crippen LogP contribution is -2.36. The fourth-order valence-electron chi connectivity index (χ4n) is 2.69. The molecule has 1 aromatic carbocycles. The van der Waals surface area contributed by atoms with Gasteiger partial charge in [-0.2, -0.15) is 0 Å². The minimum Gasteiger partial charge on any atom is -0.493 e. The predicted octanol–water partition coefficient (Wildman–Crippen LogP) is 2.71. The van der Waals surface area contributed by atoms with Crippen LogP contribution in [0.2, 0.25) is 5.02 Å². The van der Waals surface area contributed by atoms with Gasteiger partial charge in [-0.3, -0.25) is 0 Å². The lowest BCUT2D eigenvalue weighted by molar-refractivity contribution is 0.170. The summed E-state index contributed by atoms with van der Waals surface area (Å²) in [4.78, 5) is 0. The normalized spacial score (nSPS) is 18.1. The molecule has 0 aromatic heterocycles. The van der Waals surface area contributed by atoms with Crippen molar-refractivity contribution in [1.82, 2.24) is 0 Å². The van der Waals surface area contributed by atoms with Gasteiger partial charge in [0.15, 0.2) is 0 Å². The van der Waals surface area contributed by atoms with Crippen LogP contribution in [0.15, 0.2) is 18.2 Å². The molecule has 0 atom stereocenters. The van der Waals surface area contributed by atoms with Crippen molar-refractivity contribution in [2.24, 2.45) is 10.6 Å². The fraction of sp³-hybridized carbons (Fsp3) is 0.538. The van der Waals surface area contributed by atoms with Crippen LogP contribution >= 0.6 is 11.6 Å². The van der Waals surface area contributed by atoms with E-state index < -0.39 is 21.3 Å². The van der Waals surface area contributed by atoms with E-state index in [1.54, 1.807) is 6.07 Å². The van der Waals surface area contributed by atoms with Crippen LogP contribution in [0.5, 0.6) is 5.75 Å². The third-order valence-corrected chi connectivity index (χ3v) is 4.93. The summed E-state index contributed by atoms with van der Waals surface area (Å²) in [6.45, 7) is 0.213. The first-order chi connectivity index (χ1) is 9.30. The molecule has 0 spiro atoms. The molecular weight excluding hydrogens is 305 g/mol. The Hall–Kier alpha value is -0.850. The second kappa shape index (κ2) is 5.87. The number of benzene rings is 1. The highest BCUT2D eigenvalue weighted by Gasteiger charge is 2.38. The molecule has 1 fully saturated rings. The second-order valence-corrected chi connectivity index (χ2v) is 7.40. The summed E-state index contributed by atoms with van der Waals surface area (Å²) in [5, 5.41) is 5.18. The first-order valence-corrected chi connectivity index (χ1v) is 8.47. The summed E-state index contributed by atoms with van der Waals surface area (Å²) in [5.74, 6) is -0.320. The maximum atomic E-state index is 13.3. The molecule has 1 aliphatic carbocycles. The smallest absolute Gasteiger partial charge is 0.209 e. The molecule has 1 saturated carbocycles. The van der Waals surface area contributed by atoms with Crippen LogP contribution < -0.4 is 9.88 Å². The SMILES string of the molecule is NS(=O)(=O)CC1(COc2ccc(Cl)c(F)c2)CCCC1. The van der Waals surface area contributed by atoms with Gasteiger partial charge in [-0.25, -0.2) is 17.9 Å². The van der Waals surface area contributed by atoms with Crippen LogP contribution in [-0.2, 0) is 10.0 Å². The van der Waals surface area contributed by atoms with Gasteiger partial charge in [0.2, 0.25) is 10.0 Å². The summed E-state index contributed by atoms with van der Waals surface area (Å²) in [6.07, 6.45) is 3.40. The van der Waals surface area contributed by atoms with Crippen molar-refractivity contribution in [2.45, 2.75) is 25.7 Å². The summed E-state index contributed by atoms with van der Waals surface area (Å²) in [6, 6.07) is 4.17. The van der Waals surface area contributed by atoms with E-state index in [0.29, 0.717) is 5.75 Å². The molecule has 0 saturated heterocycles. The Balaban J connectivity index is 2.07. The summed E-state index contributed by atoms with van der Waals surface area (Å²) in [5.41, 5.74) is -0.469. The van der Waals surface area contributed by atoms with Crippen LogP contribution in [0.25, 0.3) is 0 Å². The van der Waals surface area contributed by atoms with Crippen molar-refractivity contribution >= 4 is 21.6 Å². The van der Waals surface area contributed by atoms with E-state index in [9.17, 15) is 12.8 Å². The molecule has 1 aliphatic rings. The maximum absolute atomic E-state index is 13.3. The molecule has 2 rings (SSSR count). The zero-order valence-corrected chi connectivity index (χ0v) is 12.5. The molecule has 0 radical (unpaired) electrons. The Morgan fingerprint density at radius 2 is 2.00 bits per heavy atom. The zero-order chi connectivity index (χ0) is 14.8. The van der Waals surface area contributed by atoms with E-state index >= 15 is 0 Å². The van der Waals surface area contributed by atoms with Gasteiger partial charge in [-0.15, -0.1) is 0 Å². The van der Waals surface area contributed by atoms with Gasteiger partial charge >= 0.3 is 0 Å². The van der Waals surface area contributed by atoms with Crippen molar-refractivity contribution in [3.63, 3.8) is 0 Å². The lowest BCUT2D eigenvalue weighted by atomic mass is 9.90. The van der Waals surface area contributed by atoms with Crippen molar-refractivity contribution in [3.8, 4) is 5.75 Å². The monoisotopic (exact) mass is 321 g/mol. The van der Waals surface area contributed by atoms with Gasteiger partial charge in [-0.1, -0.05) is 24.4 Å². The minimum atomic E-state index is -3.56. The van der Waals surface area contributed by atoms with Crippen LogP contribution in [0, 0.1) is 11.2 Å². The molecule has 0 unspecified atom stereocenters. The van der Waals surface area contributed by atoms with Gasteiger partial charge in [-0.05, 0) is 25.0 Å². The van der Waals surface area contributed by atoms with Gasteiger partial charge in [0, 0.05) is 11.5 Å². The van der Waals surface area contributed by atoms with E-state index in [1.807, 2.05) is 0 Å². The van der Waals surface area contributed by atoms with Crippen LogP contribution in [-0.4, -0.2) is 20.8 Å². The molecule has 0 bridgehead atoms. The minimum absolute atomic E-state index is 0.0254. The Morgan fingerprint density at radius 3 is 2.55 bits per heavy atom. The number of primary sulfonamides is 1. The Kier molecular flexibility index (Phi) is 4.56. The highest BCUT2D eigenvalue weighted by molar-refractivity contribution is 7.89. The molecular formula is C13H17ClFNO3S. The lowest BCUT2D eigenvalue weighted by Gasteiger charge is -2.27.